The van der Waals surface area contributed by atoms with Crippen molar-refractivity contribution >= 4 is 22.8 Å². The molecule has 0 atom stereocenters. The molecule has 1 aliphatic rings. The number of anilines is 1. The van der Waals surface area contributed by atoms with Gasteiger partial charge in [-0.2, -0.15) is 0 Å². The zero-order chi connectivity index (χ0) is 20.9. The van der Waals surface area contributed by atoms with E-state index in [1.807, 2.05) is 44.2 Å². The number of rotatable bonds is 6. The van der Waals surface area contributed by atoms with Gasteiger partial charge in [0.2, 0.25) is 11.9 Å². The van der Waals surface area contributed by atoms with E-state index in [1.54, 1.807) is 7.11 Å². The Bertz CT molecular complexity index is 1050. The zero-order valence-corrected chi connectivity index (χ0v) is 17.5. The van der Waals surface area contributed by atoms with Crippen molar-refractivity contribution in [1.82, 2.24) is 20.2 Å². The Kier molecular flexibility index (Phi) is 5.94. The SMILES string of the molecule is CCOc1cccc2c(C)nc(NC3=NCN(Cc4ccc(OC)cc4)CN3)nc12. The first-order valence-electron chi connectivity index (χ1n) is 9.97. The van der Waals surface area contributed by atoms with E-state index in [0.717, 1.165) is 34.6 Å². The van der Waals surface area contributed by atoms with Gasteiger partial charge in [0, 0.05) is 11.9 Å². The summed E-state index contributed by atoms with van der Waals surface area (Å²) in [5, 5.41) is 7.48. The lowest BCUT2D eigenvalue weighted by Crippen LogP contribution is -2.45. The van der Waals surface area contributed by atoms with Crippen molar-refractivity contribution in [2.45, 2.75) is 20.4 Å². The average molecular weight is 406 g/mol. The standard InChI is InChI=1S/C22H26N6O2/c1-4-30-19-7-5-6-18-15(2)25-22(26-20(18)19)27-21-23-13-28(14-24-21)12-16-8-10-17(29-3)11-9-16/h5-11H,4,12-14H2,1-3H3,(H2,23,24,25,26,27). The number of aromatic nitrogens is 2. The van der Waals surface area contributed by atoms with Crippen LogP contribution in [-0.2, 0) is 6.54 Å². The van der Waals surface area contributed by atoms with Crippen LogP contribution in [0.1, 0.15) is 18.2 Å². The molecular weight excluding hydrogens is 380 g/mol. The summed E-state index contributed by atoms with van der Waals surface area (Å²) in [6.07, 6.45) is 0. The molecule has 1 aliphatic heterocycles. The van der Waals surface area contributed by atoms with Gasteiger partial charge in [-0.05, 0) is 37.6 Å². The molecule has 0 saturated heterocycles. The average Bonchev–Trinajstić information content (AvgIpc) is 2.76. The van der Waals surface area contributed by atoms with E-state index in [2.05, 4.69) is 42.6 Å². The number of aryl methyl sites for hydroxylation is 1. The van der Waals surface area contributed by atoms with Crippen LogP contribution >= 0.6 is 0 Å². The highest BCUT2D eigenvalue weighted by Crippen LogP contribution is 2.26. The summed E-state index contributed by atoms with van der Waals surface area (Å²) in [5.41, 5.74) is 2.90. The summed E-state index contributed by atoms with van der Waals surface area (Å²) < 4.78 is 10.9. The predicted molar refractivity (Wildman–Crippen MR) is 118 cm³/mol. The first kappa shape index (κ1) is 19.9. The van der Waals surface area contributed by atoms with Crippen LogP contribution in [-0.4, -0.2) is 47.9 Å². The minimum atomic E-state index is 0.502. The van der Waals surface area contributed by atoms with Gasteiger partial charge in [0.1, 0.15) is 17.0 Å². The van der Waals surface area contributed by atoms with Crippen molar-refractivity contribution in [3.8, 4) is 11.5 Å². The molecule has 2 aromatic carbocycles. The highest BCUT2D eigenvalue weighted by molar-refractivity contribution is 5.94. The van der Waals surface area contributed by atoms with E-state index in [0.29, 0.717) is 31.9 Å². The fourth-order valence-corrected chi connectivity index (χ4v) is 3.36. The van der Waals surface area contributed by atoms with Gasteiger partial charge in [0.05, 0.1) is 32.7 Å². The van der Waals surface area contributed by atoms with Gasteiger partial charge in [0.25, 0.3) is 0 Å². The Labute approximate surface area is 176 Å². The molecule has 8 nitrogen and oxygen atoms in total. The molecule has 3 aromatic rings. The molecule has 0 aliphatic carbocycles. The third-order valence-electron chi connectivity index (χ3n) is 4.87. The van der Waals surface area contributed by atoms with Crippen LogP contribution in [0.2, 0.25) is 0 Å². The summed E-state index contributed by atoms with van der Waals surface area (Å²) in [7, 11) is 1.67. The second kappa shape index (κ2) is 8.96. The van der Waals surface area contributed by atoms with Gasteiger partial charge < -0.3 is 14.8 Å². The minimum Gasteiger partial charge on any atom is -0.497 e. The Morgan fingerprint density at radius 3 is 2.67 bits per heavy atom. The Morgan fingerprint density at radius 1 is 1.13 bits per heavy atom. The van der Waals surface area contributed by atoms with Crippen molar-refractivity contribution in [2.75, 3.05) is 32.4 Å². The van der Waals surface area contributed by atoms with E-state index in [-0.39, 0.29) is 0 Å². The van der Waals surface area contributed by atoms with E-state index < -0.39 is 0 Å². The number of ether oxygens (including phenoxy) is 2. The van der Waals surface area contributed by atoms with Crippen LogP contribution in [0.5, 0.6) is 11.5 Å². The number of hydrogen-bond acceptors (Lipinski definition) is 8. The van der Waals surface area contributed by atoms with Gasteiger partial charge in [-0.25, -0.2) is 15.0 Å². The maximum atomic E-state index is 5.73. The Hall–Kier alpha value is -3.39. The summed E-state index contributed by atoms with van der Waals surface area (Å²) in [6, 6.07) is 14.0. The Morgan fingerprint density at radius 2 is 1.97 bits per heavy atom. The van der Waals surface area contributed by atoms with Crippen LogP contribution in [0.4, 0.5) is 5.95 Å². The van der Waals surface area contributed by atoms with Crippen molar-refractivity contribution in [1.29, 1.82) is 0 Å². The summed E-state index contributed by atoms with van der Waals surface area (Å²) in [5.74, 6) is 2.78. The molecule has 0 fully saturated rings. The molecule has 30 heavy (non-hydrogen) atoms. The number of methoxy groups -OCH3 is 1. The van der Waals surface area contributed by atoms with Gasteiger partial charge in [-0.3, -0.25) is 10.2 Å². The van der Waals surface area contributed by atoms with Crippen LogP contribution in [0.3, 0.4) is 0 Å². The molecule has 1 aromatic heterocycles. The number of nitrogens with zero attached hydrogens (tertiary/aromatic N) is 4. The number of guanidine groups is 1. The van der Waals surface area contributed by atoms with Crippen molar-refractivity contribution in [3.05, 3.63) is 53.7 Å². The monoisotopic (exact) mass is 406 g/mol. The van der Waals surface area contributed by atoms with Crippen LogP contribution in [0.15, 0.2) is 47.5 Å². The first-order valence-corrected chi connectivity index (χ1v) is 9.97. The Balaban J connectivity index is 1.44. The van der Waals surface area contributed by atoms with Gasteiger partial charge >= 0.3 is 0 Å². The molecule has 0 radical (unpaired) electrons. The van der Waals surface area contributed by atoms with E-state index >= 15 is 0 Å². The predicted octanol–water partition coefficient (Wildman–Crippen LogP) is 3.13. The fraction of sp³-hybridized carbons (Fsp3) is 0.318. The quantitative estimate of drug-likeness (QED) is 0.651. The largest absolute Gasteiger partial charge is 0.497 e. The number of aliphatic imine (C=N–C) groups is 1. The van der Waals surface area contributed by atoms with E-state index in [4.69, 9.17) is 9.47 Å². The highest BCUT2D eigenvalue weighted by Gasteiger charge is 2.15. The lowest BCUT2D eigenvalue weighted by Gasteiger charge is -2.27. The van der Waals surface area contributed by atoms with Gasteiger partial charge in [-0.15, -0.1) is 0 Å². The molecule has 2 heterocycles. The summed E-state index contributed by atoms with van der Waals surface area (Å²) in [6.45, 7) is 6.58. The molecular formula is C22H26N6O2. The third kappa shape index (κ3) is 4.44. The van der Waals surface area contributed by atoms with Crippen LogP contribution in [0.25, 0.3) is 10.9 Å². The maximum Gasteiger partial charge on any atom is 0.230 e. The molecule has 8 heteroatoms. The second-order valence-electron chi connectivity index (χ2n) is 7.00. The van der Waals surface area contributed by atoms with E-state index in [9.17, 15) is 0 Å². The maximum absolute atomic E-state index is 5.73. The lowest BCUT2D eigenvalue weighted by molar-refractivity contribution is 0.256. The summed E-state index contributed by atoms with van der Waals surface area (Å²) in [4.78, 5) is 16.0. The minimum absolute atomic E-state index is 0.502. The summed E-state index contributed by atoms with van der Waals surface area (Å²) >= 11 is 0. The van der Waals surface area contributed by atoms with Crippen LogP contribution in [0, 0.1) is 6.92 Å². The number of hydrogen-bond donors (Lipinski definition) is 2. The first-order chi connectivity index (χ1) is 14.7. The fourth-order valence-electron chi connectivity index (χ4n) is 3.36. The zero-order valence-electron chi connectivity index (χ0n) is 17.5. The highest BCUT2D eigenvalue weighted by atomic mass is 16.5. The number of nitrogens with one attached hydrogen (secondary N) is 2. The third-order valence-corrected chi connectivity index (χ3v) is 4.87. The molecule has 0 unspecified atom stereocenters. The lowest BCUT2D eigenvalue weighted by atomic mass is 10.2. The molecule has 0 spiro atoms. The van der Waals surface area contributed by atoms with Gasteiger partial charge in [-0.1, -0.05) is 24.3 Å². The van der Waals surface area contributed by atoms with E-state index in [1.165, 1.54) is 5.56 Å². The molecule has 156 valence electrons. The van der Waals surface area contributed by atoms with Crippen molar-refractivity contribution < 1.29 is 9.47 Å². The molecule has 0 bridgehead atoms. The second-order valence-corrected chi connectivity index (χ2v) is 7.00. The number of para-hydroxylation sites is 1. The smallest absolute Gasteiger partial charge is 0.230 e. The topological polar surface area (TPSA) is 83.9 Å². The van der Waals surface area contributed by atoms with Crippen molar-refractivity contribution in [2.24, 2.45) is 4.99 Å². The van der Waals surface area contributed by atoms with Gasteiger partial charge in [0.15, 0.2) is 0 Å². The van der Waals surface area contributed by atoms with Crippen molar-refractivity contribution in [3.63, 3.8) is 0 Å². The molecule has 0 amide bonds. The molecule has 4 rings (SSSR count). The van der Waals surface area contributed by atoms with Crippen LogP contribution < -0.4 is 20.1 Å². The number of benzene rings is 2. The molecule has 2 N–H and O–H groups in total. The normalized spacial score (nSPS) is 14.2. The number of fused-ring (bicyclic) bond motifs is 1. The molecule has 0 saturated carbocycles.